The first-order valence-electron chi connectivity index (χ1n) is 6.47. The van der Waals surface area contributed by atoms with E-state index in [1.54, 1.807) is 7.11 Å². The normalized spacial score (nSPS) is 19.6. The number of nitrogens with two attached hydrogens (primary N) is 1. The minimum Gasteiger partial charge on any atom is -0.496 e. The van der Waals surface area contributed by atoms with Gasteiger partial charge < -0.3 is 15.6 Å². The van der Waals surface area contributed by atoms with E-state index in [1.165, 1.54) is 0 Å². The van der Waals surface area contributed by atoms with Gasteiger partial charge in [-0.1, -0.05) is 12.2 Å². The van der Waals surface area contributed by atoms with Gasteiger partial charge >= 0.3 is 0 Å². The third-order valence-corrected chi connectivity index (χ3v) is 3.88. The van der Waals surface area contributed by atoms with E-state index in [-0.39, 0.29) is 12.6 Å². The number of hydrogen-bond acceptors (Lipinski definition) is 4. The molecule has 19 heavy (non-hydrogen) atoms. The lowest BCUT2D eigenvalue weighted by Gasteiger charge is -2.23. The van der Waals surface area contributed by atoms with Crippen molar-refractivity contribution in [1.29, 1.82) is 0 Å². The highest BCUT2D eigenvalue weighted by molar-refractivity contribution is 7.80. The number of methoxy groups -OCH3 is 1. The largest absolute Gasteiger partial charge is 0.496 e. The molecule has 4 nitrogen and oxygen atoms in total. The Kier molecular flexibility index (Phi) is 4.74. The lowest BCUT2D eigenvalue weighted by molar-refractivity contribution is 0.152. The molecule has 1 atom stereocenters. The number of aliphatic hydroxyl groups is 1. The Morgan fingerprint density at radius 2 is 2.37 bits per heavy atom. The van der Waals surface area contributed by atoms with Crippen molar-refractivity contribution in [2.75, 3.05) is 20.3 Å². The second-order valence-corrected chi connectivity index (χ2v) is 5.28. The van der Waals surface area contributed by atoms with E-state index < -0.39 is 0 Å². The molecule has 2 rings (SSSR count). The Labute approximate surface area is 119 Å². The van der Waals surface area contributed by atoms with Gasteiger partial charge in [0, 0.05) is 23.7 Å². The molecule has 104 valence electrons. The molecule has 0 radical (unpaired) electrons. The monoisotopic (exact) mass is 280 g/mol. The summed E-state index contributed by atoms with van der Waals surface area (Å²) in [5.41, 5.74) is 7.59. The maximum absolute atomic E-state index is 9.37. The maximum atomic E-state index is 9.37. The summed E-state index contributed by atoms with van der Waals surface area (Å²) in [4.78, 5) is 2.67. The first-order chi connectivity index (χ1) is 9.15. The van der Waals surface area contributed by atoms with Gasteiger partial charge in [0.1, 0.15) is 10.7 Å². The van der Waals surface area contributed by atoms with Crippen molar-refractivity contribution >= 4 is 17.2 Å². The van der Waals surface area contributed by atoms with Crippen molar-refractivity contribution in [1.82, 2.24) is 4.90 Å². The second kappa shape index (κ2) is 6.32. The molecule has 1 heterocycles. The first-order valence-corrected chi connectivity index (χ1v) is 6.88. The zero-order valence-electron chi connectivity index (χ0n) is 11.1. The molecule has 1 aromatic carbocycles. The molecule has 0 spiro atoms. The SMILES string of the molecule is COc1ccc(C(N)=S)cc1CN1CCCC1CO. The molecule has 1 aromatic rings. The average molecular weight is 280 g/mol. The fourth-order valence-electron chi connectivity index (χ4n) is 2.58. The van der Waals surface area contributed by atoms with Crippen LogP contribution in [0.2, 0.25) is 0 Å². The molecule has 0 saturated carbocycles. The molecule has 0 amide bonds. The van der Waals surface area contributed by atoms with E-state index in [0.717, 1.165) is 42.8 Å². The van der Waals surface area contributed by atoms with Crippen LogP contribution < -0.4 is 10.5 Å². The van der Waals surface area contributed by atoms with Crippen LogP contribution in [0.5, 0.6) is 5.75 Å². The Bertz CT molecular complexity index is 465. The number of likely N-dealkylation sites (tertiary alicyclic amines) is 1. The number of aliphatic hydroxyl groups excluding tert-OH is 1. The summed E-state index contributed by atoms with van der Waals surface area (Å²) in [7, 11) is 1.66. The Morgan fingerprint density at radius 3 is 3.00 bits per heavy atom. The minimum atomic E-state index is 0.206. The van der Waals surface area contributed by atoms with Gasteiger partial charge in [0.25, 0.3) is 0 Å². The number of nitrogens with zero attached hydrogens (tertiary/aromatic N) is 1. The Morgan fingerprint density at radius 1 is 1.58 bits per heavy atom. The van der Waals surface area contributed by atoms with Crippen molar-refractivity contribution in [3.63, 3.8) is 0 Å². The van der Waals surface area contributed by atoms with Crippen molar-refractivity contribution in [2.24, 2.45) is 5.73 Å². The van der Waals surface area contributed by atoms with Crippen LogP contribution in [0.15, 0.2) is 18.2 Å². The van der Waals surface area contributed by atoms with Crippen molar-refractivity contribution < 1.29 is 9.84 Å². The maximum Gasteiger partial charge on any atom is 0.123 e. The van der Waals surface area contributed by atoms with Crippen LogP contribution >= 0.6 is 12.2 Å². The summed E-state index contributed by atoms with van der Waals surface area (Å²) in [6.45, 7) is 1.97. The summed E-state index contributed by atoms with van der Waals surface area (Å²) in [6, 6.07) is 6.00. The molecule has 0 bridgehead atoms. The molecule has 0 aliphatic carbocycles. The topological polar surface area (TPSA) is 58.7 Å². The third kappa shape index (κ3) is 3.23. The summed E-state index contributed by atoms with van der Waals surface area (Å²) in [5.74, 6) is 0.837. The molecule has 0 aromatic heterocycles. The predicted octanol–water partition coefficient (Wildman–Crippen LogP) is 1.29. The summed E-state index contributed by atoms with van der Waals surface area (Å²) < 4.78 is 5.39. The van der Waals surface area contributed by atoms with Crippen molar-refractivity contribution in [3.8, 4) is 5.75 Å². The lowest BCUT2D eigenvalue weighted by atomic mass is 10.1. The van der Waals surface area contributed by atoms with E-state index in [1.807, 2.05) is 18.2 Å². The quantitative estimate of drug-likeness (QED) is 0.796. The zero-order chi connectivity index (χ0) is 13.8. The van der Waals surface area contributed by atoms with Gasteiger partial charge in [-0.05, 0) is 37.6 Å². The van der Waals surface area contributed by atoms with Crippen LogP contribution in [-0.4, -0.2) is 41.3 Å². The van der Waals surface area contributed by atoms with Gasteiger partial charge in [-0.15, -0.1) is 0 Å². The van der Waals surface area contributed by atoms with Crippen LogP contribution in [-0.2, 0) is 6.54 Å². The van der Waals surface area contributed by atoms with Gasteiger partial charge in [0.15, 0.2) is 0 Å². The van der Waals surface area contributed by atoms with Gasteiger partial charge in [-0.3, -0.25) is 4.90 Å². The lowest BCUT2D eigenvalue weighted by Crippen LogP contribution is -2.31. The van der Waals surface area contributed by atoms with E-state index in [9.17, 15) is 5.11 Å². The highest BCUT2D eigenvalue weighted by Crippen LogP contribution is 2.25. The molecule has 1 unspecified atom stereocenters. The van der Waals surface area contributed by atoms with E-state index in [4.69, 9.17) is 22.7 Å². The summed E-state index contributed by atoms with van der Waals surface area (Å²) >= 11 is 5.01. The Balaban J connectivity index is 2.22. The van der Waals surface area contributed by atoms with Crippen molar-refractivity contribution in [3.05, 3.63) is 29.3 Å². The molecule has 3 N–H and O–H groups in total. The van der Waals surface area contributed by atoms with Crippen LogP contribution in [0.1, 0.15) is 24.0 Å². The average Bonchev–Trinajstić information content (AvgIpc) is 2.85. The molecular formula is C14H20N2O2S. The van der Waals surface area contributed by atoms with Gasteiger partial charge in [0.2, 0.25) is 0 Å². The summed E-state index contributed by atoms with van der Waals surface area (Å²) in [5, 5.41) is 9.37. The standard InChI is InChI=1S/C14H20N2O2S/c1-18-13-5-4-10(14(15)19)7-11(13)8-16-6-2-3-12(16)9-17/h4-5,7,12,17H,2-3,6,8-9H2,1H3,(H2,15,19). The van der Waals surface area contributed by atoms with Crippen LogP contribution in [0.3, 0.4) is 0 Å². The molecule has 1 saturated heterocycles. The molecule has 5 heteroatoms. The zero-order valence-corrected chi connectivity index (χ0v) is 11.9. The van der Waals surface area contributed by atoms with Gasteiger partial charge in [-0.25, -0.2) is 0 Å². The van der Waals surface area contributed by atoms with Crippen LogP contribution in [0.25, 0.3) is 0 Å². The Hall–Kier alpha value is -1.17. The number of benzene rings is 1. The molecular weight excluding hydrogens is 260 g/mol. The van der Waals surface area contributed by atoms with Crippen LogP contribution in [0.4, 0.5) is 0 Å². The second-order valence-electron chi connectivity index (χ2n) is 4.84. The number of ether oxygens (including phenoxy) is 1. The molecule has 1 fully saturated rings. The first kappa shape index (κ1) is 14.2. The van der Waals surface area contributed by atoms with E-state index >= 15 is 0 Å². The number of rotatable bonds is 5. The highest BCUT2D eigenvalue weighted by Gasteiger charge is 2.24. The minimum absolute atomic E-state index is 0.206. The molecule has 1 aliphatic rings. The van der Waals surface area contributed by atoms with Gasteiger partial charge in [-0.2, -0.15) is 0 Å². The molecule has 1 aliphatic heterocycles. The van der Waals surface area contributed by atoms with E-state index in [2.05, 4.69) is 4.90 Å². The number of hydrogen-bond donors (Lipinski definition) is 2. The fourth-order valence-corrected chi connectivity index (χ4v) is 2.71. The number of thiocarbonyl (C=S) groups is 1. The van der Waals surface area contributed by atoms with Gasteiger partial charge in [0.05, 0.1) is 13.7 Å². The fraction of sp³-hybridized carbons (Fsp3) is 0.500. The van der Waals surface area contributed by atoms with E-state index in [0.29, 0.717) is 4.99 Å². The van der Waals surface area contributed by atoms with Crippen LogP contribution in [0, 0.1) is 0 Å². The smallest absolute Gasteiger partial charge is 0.123 e. The predicted molar refractivity (Wildman–Crippen MR) is 79.4 cm³/mol. The summed E-state index contributed by atoms with van der Waals surface area (Å²) in [6.07, 6.45) is 2.18. The highest BCUT2D eigenvalue weighted by atomic mass is 32.1. The third-order valence-electron chi connectivity index (χ3n) is 3.65. The van der Waals surface area contributed by atoms with Crippen molar-refractivity contribution in [2.45, 2.75) is 25.4 Å².